The van der Waals surface area contributed by atoms with Gasteiger partial charge in [0, 0.05) is 12.6 Å². The van der Waals surface area contributed by atoms with Crippen LogP contribution in [0, 0.1) is 6.92 Å². The van der Waals surface area contributed by atoms with Crippen molar-refractivity contribution in [3.05, 3.63) is 60.1 Å². The zero-order chi connectivity index (χ0) is 16.8. The number of anilines is 1. The topological polar surface area (TPSA) is 76.4 Å². The van der Waals surface area contributed by atoms with E-state index in [1.54, 1.807) is 19.3 Å². The molecule has 2 N–H and O–H groups in total. The molecule has 2 heterocycles. The third-order valence-electron chi connectivity index (χ3n) is 3.85. The van der Waals surface area contributed by atoms with E-state index in [0.717, 1.165) is 18.4 Å². The molecule has 1 amide bonds. The number of allylic oxidation sites excluding steroid dienone is 1. The van der Waals surface area contributed by atoms with Gasteiger partial charge in [0.1, 0.15) is 17.9 Å². The van der Waals surface area contributed by atoms with Gasteiger partial charge in [-0.1, -0.05) is 35.5 Å². The van der Waals surface area contributed by atoms with E-state index in [9.17, 15) is 4.79 Å². The lowest BCUT2D eigenvalue weighted by molar-refractivity contribution is -0.118. The van der Waals surface area contributed by atoms with E-state index in [1.165, 1.54) is 0 Å². The first-order valence-corrected chi connectivity index (χ1v) is 8.05. The summed E-state index contributed by atoms with van der Waals surface area (Å²) in [5.74, 6) is 0.884. The fourth-order valence-electron chi connectivity index (χ4n) is 2.62. The fraction of sp³-hybridized carbons (Fsp3) is 0.333. The minimum absolute atomic E-state index is 0.0725. The van der Waals surface area contributed by atoms with Crippen molar-refractivity contribution in [3.63, 3.8) is 0 Å². The van der Waals surface area contributed by atoms with Crippen LogP contribution in [0.15, 0.2) is 53.3 Å². The monoisotopic (exact) mass is 327 g/mol. The summed E-state index contributed by atoms with van der Waals surface area (Å²) in [5, 5.41) is 9.90. The first-order valence-electron chi connectivity index (χ1n) is 8.05. The van der Waals surface area contributed by atoms with Crippen molar-refractivity contribution in [2.24, 2.45) is 0 Å². The second-order valence-corrected chi connectivity index (χ2v) is 5.77. The second-order valence-electron chi connectivity index (χ2n) is 5.77. The number of carbonyl (C=O) groups is 1. The van der Waals surface area contributed by atoms with Gasteiger partial charge in [-0.05, 0) is 31.4 Å². The van der Waals surface area contributed by atoms with Gasteiger partial charge in [0.05, 0.1) is 6.26 Å². The SMILES string of the molecule is Cc1cc(NC(=O)C(NCC2CCC=CO2)c2ccccc2)no1. The molecule has 6 heteroatoms. The van der Waals surface area contributed by atoms with Crippen LogP contribution in [0.4, 0.5) is 5.82 Å². The molecule has 3 rings (SSSR count). The van der Waals surface area contributed by atoms with Crippen LogP contribution in [0.3, 0.4) is 0 Å². The molecule has 2 aromatic rings. The summed E-state index contributed by atoms with van der Waals surface area (Å²) in [4.78, 5) is 12.7. The van der Waals surface area contributed by atoms with Crippen LogP contribution in [-0.4, -0.2) is 23.7 Å². The summed E-state index contributed by atoms with van der Waals surface area (Å²) >= 11 is 0. The normalized spacial score (nSPS) is 18.0. The van der Waals surface area contributed by atoms with Crippen LogP contribution >= 0.6 is 0 Å². The van der Waals surface area contributed by atoms with Gasteiger partial charge in [-0.3, -0.25) is 10.1 Å². The number of hydrogen-bond acceptors (Lipinski definition) is 5. The number of nitrogens with zero attached hydrogens (tertiary/aromatic N) is 1. The molecule has 2 unspecified atom stereocenters. The third kappa shape index (κ3) is 4.23. The highest BCUT2D eigenvalue weighted by Crippen LogP contribution is 2.17. The lowest BCUT2D eigenvalue weighted by atomic mass is 10.1. The van der Waals surface area contributed by atoms with Crippen LogP contribution in [0.2, 0.25) is 0 Å². The van der Waals surface area contributed by atoms with Gasteiger partial charge in [-0.15, -0.1) is 0 Å². The highest BCUT2D eigenvalue weighted by molar-refractivity contribution is 5.94. The van der Waals surface area contributed by atoms with Crippen molar-refractivity contribution in [2.75, 3.05) is 11.9 Å². The number of hydrogen-bond donors (Lipinski definition) is 2. The van der Waals surface area contributed by atoms with Gasteiger partial charge < -0.3 is 14.6 Å². The highest BCUT2D eigenvalue weighted by Gasteiger charge is 2.23. The molecule has 2 atom stereocenters. The van der Waals surface area contributed by atoms with Crippen molar-refractivity contribution >= 4 is 11.7 Å². The molecule has 0 saturated carbocycles. The van der Waals surface area contributed by atoms with Crippen molar-refractivity contribution in [3.8, 4) is 0 Å². The number of nitrogens with one attached hydrogen (secondary N) is 2. The molecule has 0 fully saturated rings. The smallest absolute Gasteiger partial charge is 0.247 e. The Morgan fingerprint density at radius 1 is 1.38 bits per heavy atom. The predicted molar refractivity (Wildman–Crippen MR) is 90.3 cm³/mol. The molecule has 0 spiro atoms. The Kier molecular flexibility index (Phi) is 5.28. The number of benzene rings is 1. The summed E-state index contributed by atoms with van der Waals surface area (Å²) in [6.45, 7) is 2.37. The van der Waals surface area contributed by atoms with E-state index in [-0.39, 0.29) is 12.0 Å². The van der Waals surface area contributed by atoms with Crippen LogP contribution in [0.25, 0.3) is 0 Å². The maximum Gasteiger partial charge on any atom is 0.247 e. The van der Waals surface area contributed by atoms with Crippen LogP contribution in [-0.2, 0) is 9.53 Å². The maximum absolute atomic E-state index is 12.7. The number of aromatic nitrogens is 1. The quantitative estimate of drug-likeness (QED) is 0.853. The molecule has 0 aliphatic carbocycles. The first-order chi connectivity index (χ1) is 11.7. The van der Waals surface area contributed by atoms with Gasteiger partial charge in [0.25, 0.3) is 0 Å². The lowest BCUT2D eigenvalue weighted by Crippen LogP contribution is -2.38. The molecule has 0 saturated heterocycles. The average molecular weight is 327 g/mol. The van der Waals surface area contributed by atoms with E-state index >= 15 is 0 Å². The zero-order valence-corrected chi connectivity index (χ0v) is 13.6. The Morgan fingerprint density at radius 2 is 2.21 bits per heavy atom. The average Bonchev–Trinajstić information content (AvgIpc) is 3.02. The Balaban J connectivity index is 1.69. The second kappa shape index (κ2) is 7.79. The third-order valence-corrected chi connectivity index (χ3v) is 3.85. The first kappa shape index (κ1) is 16.3. The van der Waals surface area contributed by atoms with Gasteiger partial charge >= 0.3 is 0 Å². The molecular weight excluding hydrogens is 306 g/mol. The standard InChI is InChI=1S/C18H21N3O3/c1-13-11-16(21-24-13)20-18(22)17(14-7-3-2-4-8-14)19-12-15-9-5-6-10-23-15/h2-4,6-8,10-11,15,17,19H,5,9,12H2,1H3,(H,20,21,22). The minimum Gasteiger partial charge on any atom is -0.497 e. The molecule has 126 valence electrons. The minimum atomic E-state index is -0.488. The Bertz CT molecular complexity index is 697. The van der Waals surface area contributed by atoms with E-state index in [0.29, 0.717) is 18.1 Å². The molecule has 1 aliphatic rings. The van der Waals surface area contributed by atoms with E-state index in [1.807, 2.05) is 36.4 Å². The number of ether oxygens (including phenoxy) is 1. The largest absolute Gasteiger partial charge is 0.497 e. The molecule has 1 aliphatic heterocycles. The van der Waals surface area contributed by atoms with E-state index in [2.05, 4.69) is 15.8 Å². The molecule has 1 aromatic carbocycles. The molecule has 1 aromatic heterocycles. The van der Waals surface area contributed by atoms with Gasteiger partial charge in [-0.2, -0.15) is 0 Å². The molecular formula is C18H21N3O3. The maximum atomic E-state index is 12.7. The Hall–Kier alpha value is -2.60. The summed E-state index contributed by atoms with van der Waals surface area (Å²) in [5.41, 5.74) is 0.890. The Labute approximate surface area is 140 Å². The lowest BCUT2D eigenvalue weighted by Gasteiger charge is -2.24. The van der Waals surface area contributed by atoms with Crippen molar-refractivity contribution in [2.45, 2.75) is 31.9 Å². The zero-order valence-electron chi connectivity index (χ0n) is 13.6. The van der Waals surface area contributed by atoms with Gasteiger partial charge in [-0.25, -0.2) is 0 Å². The molecule has 0 bridgehead atoms. The Morgan fingerprint density at radius 3 is 2.88 bits per heavy atom. The van der Waals surface area contributed by atoms with Gasteiger partial charge in [0.15, 0.2) is 5.82 Å². The van der Waals surface area contributed by atoms with Crippen LogP contribution in [0.1, 0.15) is 30.2 Å². The number of rotatable bonds is 6. The molecule has 24 heavy (non-hydrogen) atoms. The summed E-state index contributed by atoms with van der Waals surface area (Å²) in [6, 6.07) is 10.8. The van der Waals surface area contributed by atoms with Crippen molar-refractivity contribution in [1.82, 2.24) is 10.5 Å². The number of amides is 1. The van der Waals surface area contributed by atoms with Gasteiger partial charge in [0.2, 0.25) is 5.91 Å². The summed E-state index contributed by atoms with van der Waals surface area (Å²) in [6.07, 6.45) is 5.74. The van der Waals surface area contributed by atoms with Crippen molar-refractivity contribution < 1.29 is 14.1 Å². The van der Waals surface area contributed by atoms with E-state index in [4.69, 9.17) is 9.26 Å². The van der Waals surface area contributed by atoms with E-state index < -0.39 is 6.04 Å². The predicted octanol–water partition coefficient (Wildman–Crippen LogP) is 2.95. The fourth-order valence-corrected chi connectivity index (χ4v) is 2.62. The molecule has 0 radical (unpaired) electrons. The molecule has 6 nitrogen and oxygen atoms in total. The summed E-state index contributed by atoms with van der Waals surface area (Å²) in [7, 11) is 0. The number of carbonyl (C=O) groups excluding carboxylic acids is 1. The van der Waals surface area contributed by atoms with Crippen molar-refractivity contribution in [1.29, 1.82) is 0 Å². The van der Waals surface area contributed by atoms with Crippen LogP contribution in [0.5, 0.6) is 0 Å². The van der Waals surface area contributed by atoms with Crippen LogP contribution < -0.4 is 10.6 Å². The number of aryl methyl sites for hydroxylation is 1. The highest BCUT2D eigenvalue weighted by atomic mass is 16.5. The summed E-state index contributed by atoms with van der Waals surface area (Å²) < 4.78 is 10.6.